The lowest BCUT2D eigenvalue weighted by molar-refractivity contribution is -0.142. The van der Waals surface area contributed by atoms with E-state index in [0.29, 0.717) is 13.0 Å². The number of rotatable bonds is 7. The Morgan fingerprint density at radius 3 is 2.54 bits per heavy atom. The molecule has 0 radical (unpaired) electrons. The molecule has 144 valence electrons. The van der Waals surface area contributed by atoms with Gasteiger partial charge in [0.25, 0.3) is 0 Å². The second-order valence-corrected chi connectivity index (χ2v) is 6.08. The third-order valence-corrected chi connectivity index (χ3v) is 4.19. The summed E-state index contributed by atoms with van der Waals surface area (Å²) in [5, 5.41) is 14.3. The molecule has 0 saturated carbocycles. The van der Waals surface area contributed by atoms with Crippen molar-refractivity contribution in [2.24, 2.45) is 0 Å². The molecule has 1 aliphatic rings. The molecular formula is C17H23ClFN3O4. The molecular weight excluding hydrogens is 365 g/mol. The summed E-state index contributed by atoms with van der Waals surface area (Å²) < 4.78 is 12.9. The molecule has 1 heterocycles. The highest BCUT2D eigenvalue weighted by Gasteiger charge is 2.31. The zero-order chi connectivity index (χ0) is 18.4. The quantitative estimate of drug-likeness (QED) is 0.650. The average molecular weight is 388 g/mol. The van der Waals surface area contributed by atoms with E-state index < -0.39 is 17.9 Å². The number of hydrogen-bond acceptors (Lipinski definition) is 4. The summed E-state index contributed by atoms with van der Waals surface area (Å²) in [7, 11) is 0. The number of carboxylic acid groups (broad SMARTS) is 1. The molecule has 1 fully saturated rings. The van der Waals surface area contributed by atoms with Gasteiger partial charge in [0.1, 0.15) is 11.9 Å². The summed E-state index contributed by atoms with van der Waals surface area (Å²) >= 11 is 0. The number of carbonyl (C=O) groups excluding carboxylic acids is 2. The number of carbonyl (C=O) groups is 3. The van der Waals surface area contributed by atoms with Gasteiger partial charge in [-0.05, 0) is 44.0 Å². The summed E-state index contributed by atoms with van der Waals surface area (Å²) in [6.45, 7) is 2.07. The Balaban J connectivity index is 0.00000338. The van der Waals surface area contributed by atoms with Crippen LogP contribution in [0.25, 0.3) is 0 Å². The van der Waals surface area contributed by atoms with Gasteiger partial charge in [0.2, 0.25) is 11.8 Å². The molecule has 9 heteroatoms. The highest BCUT2D eigenvalue weighted by Crippen LogP contribution is 2.16. The molecule has 1 saturated heterocycles. The standard InChI is InChI=1S/C17H22FN3O4.ClH/c1-11(12-4-6-13(18)7-5-12)20-15(22)9-19-16(23)10-21-8-2-3-14(21)17(24)25;/h4-7,11,14H,2-3,8-10H2,1H3,(H,19,23)(H,20,22)(H,24,25);1H/t11?,14-;/m0./s1. The molecule has 1 aromatic carbocycles. The second-order valence-electron chi connectivity index (χ2n) is 6.08. The fourth-order valence-electron chi connectivity index (χ4n) is 2.84. The Kier molecular flexibility index (Phi) is 8.47. The van der Waals surface area contributed by atoms with Crippen molar-refractivity contribution >= 4 is 30.2 Å². The number of halogens is 2. The minimum absolute atomic E-state index is 0. The van der Waals surface area contributed by atoms with Crippen LogP contribution in [0.3, 0.4) is 0 Å². The number of benzene rings is 1. The van der Waals surface area contributed by atoms with E-state index in [-0.39, 0.29) is 43.3 Å². The topological polar surface area (TPSA) is 98.7 Å². The van der Waals surface area contributed by atoms with Crippen LogP contribution in [-0.2, 0) is 14.4 Å². The van der Waals surface area contributed by atoms with Crippen molar-refractivity contribution in [3.05, 3.63) is 35.6 Å². The van der Waals surface area contributed by atoms with Crippen LogP contribution in [0.1, 0.15) is 31.4 Å². The van der Waals surface area contributed by atoms with Gasteiger partial charge in [0, 0.05) is 0 Å². The minimum atomic E-state index is -0.934. The summed E-state index contributed by atoms with van der Waals surface area (Å²) in [6.07, 6.45) is 1.26. The lowest BCUT2D eigenvalue weighted by atomic mass is 10.1. The average Bonchev–Trinajstić information content (AvgIpc) is 3.02. The Morgan fingerprint density at radius 2 is 1.92 bits per heavy atom. The summed E-state index contributed by atoms with van der Waals surface area (Å²) in [6, 6.07) is 4.83. The number of likely N-dealkylation sites (tertiary alicyclic amines) is 1. The van der Waals surface area contributed by atoms with Crippen LogP contribution < -0.4 is 10.6 Å². The summed E-state index contributed by atoms with van der Waals surface area (Å²) in [5.74, 6) is -2.05. The zero-order valence-corrected chi connectivity index (χ0v) is 15.2. The molecule has 26 heavy (non-hydrogen) atoms. The molecule has 2 amide bonds. The van der Waals surface area contributed by atoms with Gasteiger partial charge in [-0.15, -0.1) is 12.4 Å². The number of nitrogens with zero attached hydrogens (tertiary/aromatic N) is 1. The van der Waals surface area contributed by atoms with Gasteiger partial charge in [-0.25, -0.2) is 4.39 Å². The van der Waals surface area contributed by atoms with E-state index in [0.717, 1.165) is 12.0 Å². The SMILES string of the molecule is CC(NC(=O)CNC(=O)CN1CCC[C@H]1C(=O)O)c1ccc(F)cc1.Cl. The van der Waals surface area contributed by atoms with Gasteiger partial charge in [-0.1, -0.05) is 12.1 Å². The van der Waals surface area contributed by atoms with Crippen LogP contribution in [0.5, 0.6) is 0 Å². The second kappa shape index (κ2) is 10.1. The van der Waals surface area contributed by atoms with Crippen molar-refractivity contribution in [1.29, 1.82) is 0 Å². The Morgan fingerprint density at radius 1 is 1.27 bits per heavy atom. The fraction of sp³-hybridized carbons (Fsp3) is 0.471. The molecule has 3 N–H and O–H groups in total. The fourth-order valence-corrected chi connectivity index (χ4v) is 2.84. The van der Waals surface area contributed by atoms with E-state index in [1.807, 2.05) is 0 Å². The number of aliphatic carboxylic acids is 1. The Labute approximate surface area is 157 Å². The van der Waals surface area contributed by atoms with Crippen molar-refractivity contribution in [2.75, 3.05) is 19.6 Å². The smallest absolute Gasteiger partial charge is 0.320 e. The predicted molar refractivity (Wildman–Crippen MR) is 95.4 cm³/mol. The highest BCUT2D eigenvalue weighted by atomic mass is 35.5. The first-order valence-corrected chi connectivity index (χ1v) is 8.15. The molecule has 7 nitrogen and oxygen atoms in total. The van der Waals surface area contributed by atoms with E-state index >= 15 is 0 Å². The third-order valence-electron chi connectivity index (χ3n) is 4.19. The summed E-state index contributed by atoms with van der Waals surface area (Å²) in [5.41, 5.74) is 0.752. The van der Waals surface area contributed by atoms with Crippen LogP contribution in [-0.4, -0.2) is 53.5 Å². The van der Waals surface area contributed by atoms with Crippen molar-refractivity contribution in [1.82, 2.24) is 15.5 Å². The third kappa shape index (κ3) is 6.27. The van der Waals surface area contributed by atoms with Gasteiger partial charge in [0.15, 0.2) is 0 Å². The number of nitrogens with one attached hydrogen (secondary N) is 2. The van der Waals surface area contributed by atoms with E-state index in [4.69, 9.17) is 5.11 Å². The normalized spacial score (nSPS) is 17.8. The number of hydrogen-bond donors (Lipinski definition) is 3. The first kappa shape index (κ1) is 21.9. The maximum absolute atomic E-state index is 12.9. The number of carboxylic acids is 1. The van der Waals surface area contributed by atoms with Crippen LogP contribution in [0.15, 0.2) is 24.3 Å². The Bertz CT molecular complexity index is 641. The molecule has 2 atom stereocenters. The van der Waals surface area contributed by atoms with Gasteiger partial charge in [0.05, 0.1) is 19.1 Å². The lowest BCUT2D eigenvalue weighted by Gasteiger charge is -2.20. The highest BCUT2D eigenvalue weighted by molar-refractivity contribution is 5.86. The molecule has 1 unspecified atom stereocenters. The van der Waals surface area contributed by atoms with Gasteiger partial charge >= 0.3 is 5.97 Å². The van der Waals surface area contributed by atoms with Crippen LogP contribution in [0.2, 0.25) is 0 Å². The lowest BCUT2D eigenvalue weighted by Crippen LogP contribution is -2.45. The maximum Gasteiger partial charge on any atom is 0.320 e. The van der Waals surface area contributed by atoms with Crippen LogP contribution in [0.4, 0.5) is 4.39 Å². The maximum atomic E-state index is 12.9. The van der Waals surface area contributed by atoms with E-state index in [1.165, 1.54) is 12.1 Å². The van der Waals surface area contributed by atoms with Gasteiger partial charge in [-0.3, -0.25) is 19.3 Å². The monoisotopic (exact) mass is 387 g/mol. The molecule has 1 aliphatic heterocycles. The molecule has 0 spiro atoms. The van der Waals surface area contributed by atoms with Crippen LogP contribution >= 0.6 is 12.4 Å². The van der Waals surface area contributed by atoms with Crippen molar-refractivity contribution in [3.63, 3.8) is 0 Å². The molecule has 2 rings (SSSR count). The molecule has 0 aromatic heterocycles. The minimum Gasteiger partial charge on any atom is -0.480 e. The Hall–Kier alpha value is -2.19. The first-order valence-electron chi connectivity index (χ1n) is 8.15. The van der Waals surface area contributed by atoms with E-state index in [1.54, 1.807) is 24.0 Å². The van der Waals surface area contributed by atoms with E-state index in [9.17, 15) is 18.8 Å². The van der Waals surface area contributed by atoms with Gasteiger partial charge in [-0.2, -0.15) is 0 Å². The van der Waals surface area contributed by atoms with E-state index in [2.05, 4.69) is 10.6 Å². The van der Waals surface area contributed by atoms with Crippen molar-refractivity contribution in [2.45, 2.75) is 31.8 Å². The largest absolute Gasteiger partial charge is 0.480 e. The summed E-state index contributed by atoms with van der Waals surface area (Å²) in [4.78, 5) is 36.5. The first-order chi connectivity index (χ1) is 11.9. The molecule has 0 aliphatic carbocycles. The predicted octanol–water partition coefficient (Wildman–Crippen LogP) is 1.09. The van der Waals surface area contributed by atoms with Crippen molar-refractivity contribution in [3.8, 4) is 0 Å². The molecule has 0 bridgehead atoms. The number of amides is 2. The van der Waals surface area contributed by atoms with Gasteiger partial charge < -0.3 is 15.7 Å². The molecule has 1 aromatic rings. The van der Waals surface area contributed by atoms with Crippen molar-refractivity contribution < 1.29 is 23.9 Å². The zero-order valence-electron chi connectivity index (χ0n) is 14.4. The van der Waals surface area contributed by atoms with Crippen LogP contribution in [0, 0.1) is 5.82 Å².